The van der Waals surface area contributed by atoms with Crippen molar-refractivity contribution in [3.63, 3.8) is 0 Å². The van der Waals surface area contributed by atoms with Gasteiger partial charge < -0.3 is 10.1 Å². The van der Waals surface area contributed by atoms with E-state index in [2.05, 4.69) is 48.6 Å². The third kappa shape index (κ3) is 5.59. The van der Waals surface area contributed by atoms with Crippen LogP contribution in [0.4, 0.5) is 0 Å². The van der Waals surface area contributed by atoms with Crippen molar-refractivity contribution in [2.75, 3.05) is 0 Å². The zero-order chi connectivity index (χ0) is 19.1. The van der Waals surface area contributed by atoms with E-state index in [0.29, 0.717) is 6.42 Å². The number of aryl methyl sites for hydroxylation is 3. The summed E-state index contributed by atoms with van der Waals surface area (Å²) in [5.41, 5.74) is 4.11. The van der Waals surface area contributed by atoms with Gasteiger partial charge in [-0.05, 0) is 80.7 Å². The largest absolute Gasteiger partial charge is 0.481 e. The summed E-state index contributed by atoms with van der Waals surface area (Å²) in [4.78, 5) is 12.7. The standard InChI is InChI=1S/C24H31NO2/c1-3-23(27-22-16-15-20-11-7-8-12-21(20)17-22)24(26)25-18(2)13-14-19-9-5-4-6-10-19/h4-6,9-10,15-18,23H,3,7-8,11-14H2,1-2H3,(H,25,26)/t18-,23+/m0/s1. The van der Waals surface area contributed by atoms with E-state index in [9.17, 15) is 4.79 Å². The predicted molar refractivity (Wildman–Crippen MR) is 110 cm³/mol. The first kappa shape index (κ1) is 19.5. The molecule has 2 aromatic carbocycles. The Balaban J connectivity index is 1.52. The van der Waals surface area contributed by atoms with Gasteiger partial charge in [0.1, 0.15) is 5.75 Å². The number of nitrogens with one attached hydrogen (secondary N) is 1. The fourth-order valence-electron chi connectivity index (χ4n) is 3.71. The van der Waals surface area contributed by atoms with Gasteiger partial charge >= 0.3 is 0 Å². The first-order valence-electron chi connectivity index (χ1n) is 10.3. The van der Waals surface area contributed by atoms with Crippen LogP contribution < -0.4 is 10.1 Å². The molecule has 1 N–H and O–H groups in total. The molecule has 1 amide bonds. The number of hydrogen-bond acceptors (Lipinski definition) is 2. The second kappa shape index (κ2) is 9.59. The minimum absolute atomic E-state index is 0.0178. The molecule has 3 nitrogen and oxygen atoms in total. The van der Waals surface area contributed by atoms with Gasteiger partial charge in [-0.15, -0.1) is 0 Å². The number of amides is 1. The molecule has 0 saturated carbocycles. The number of carbonyl (C=O) groups excluding carboxylic acids is 1. The molecule has 2 aromatic rings. The number of ether oxygens (including phenoxy) is 1. The molecule has 144 valence electrons. The number of hydrogen-bond donors (Lipinski definition) is 1. The SMILES string of the molecule is CC[C@@H](Oc1ccc2c(c1)CCCC2)C(=O)N[C@@H](C)CCc1ccccc1. The maximum Gasteiger partial charge on any atom is 0.261 e. The predicted octanol–water partition coefficient (Wildman–Crippen LogP) is 4.86. The van der Waals surface area contributed by atoms with E-state index in [0.717, 1.165) is 31.4 Å². The van der Waals surface area contributed by atoms with Gasteiger partial charge in [0, 0.05) is 6.04 Å². The molecule has 0 radical (unpaired) electrons. The molecule has 0 aromatic heterocycles. The fourth-order valence-corrected chi connectivity index (χ4v) is 3.71. The molecule has 0 unspecified atom stereocenters. The summed E-state index contributed by atoms with van der Waals surface area (Å²) < 4.78 is 6.04. The lowest BCUT2D eigenvalue weighted by Crippen LogP contribution is -2.42. The van der Waals surface area contributed by atoms with Crippen molar-refractivity contribution in [3.8, 4) is 5.75 Å². The van der Waals surface area contributed by atoms with Crippen LogP contribution in [0.25, 0.3) is 0 Å². The summed E-state index contributed by atoms with van der Waals surface area (Å²) in [6.07, 6.45) is 6.90. The van der Waals surface area contributed by atoms with Crippen molar-refractivity contribution >= 4 is 5.91 Å². The van der Waals surface area contributed by atoms with Gasteiger partial charge in [0.2, 0.25) is 0 Å². The molecule has 27 heavy (non-hydrogen) atoms. The van der Waals surface area contributed by atoms with Crippen LogP contribution >= 0.6 is 0 Å². The zero-order valence-electron chi connectivity index (χ0n) is 16.5. The monoisotopic (exact) mass is 365 g/mol. The maximum absolute atomic E-state index is 12.7. The molecule has 0 aliphatic heterocycles. The van der Waals surface area contributed by atoms with Gasteiger partial charge in [0.25, 0.3) is 5.91 Å². The summed E-state index contributed by atoms with van der Waals surface area (Å²) in [5, 5.41) is 3.12. The highest BCUT2D eigenvalue weighted by molar-refractivity contribution is 5.81. The van der Waals surface area contributed by atoms with E-state index in [1.54, 1.807) is 0 Å². The van der Waals surface area contributed by atoms with Crippen LogP contribution in [0.5, 0.6) is 5.75 Å². The van der Waals surface area contributed by atoms with Crippen molar-refractivity contribution in [2.45, 2.75) is 70.9 Å². The summed E-state index contributed by atoms with van der Waals surface area (Å²) >= 11 is 0. The van der Waals surface area contributed by atoms with Gasteiger partial charge in [-0.3, -0.25) is 4.79 Å². The van der Waals surface area contributed by atoms with E-state index >= 15 is 0 Å². The van der Waals surface area contributed by atoms with Crippen LogP contribution in [0.1, 0.15) is 56.2 Å². The number of rotatable bonds is 8. The van der Waals surface area contributed by atoms with Crippen LogP contribution in [0.15, 0.2) is 48.5 Å². The third-order valence-corrected chi connectivity index (χ3v) is 5.36. The molecule has 0 heterocycles. The van der Waals surface area contributed by atoms with Crippen LogP contribution in [0, 0.1) is 0 Å². The molecule has 3 rings (SSSR count). The van der Waals surface area contributed by atoms with Crippen molar-refractivity contribution in [1.82, 2.24) is 5.32 Å². The van der Waals surface area contributed by atoms with E-state index in [1.165, 1.54) is 29.5 Å². The average Bonchev–Trinajstić information content (AvgIpc) is 2.71. The van der Waals surface area contributed by atoms with Crippen molar-refractivity contribution in [3.05, 3.63) is 65.2 Å². The highest BCUT2D eigenvalue weighted by atomic mass is 16.5. The second-order valence-corrected chi connectivity index (χ2v) is 7.59. The van der Waals surface area contributed by atoms with Crippen LogP contribution in [0.3, 0.4) is 0 Å². The molecule has 0 saturated heterocycles. The van der Waals surface area contributed by atoms with Crippen molar-refractivity contribution in [2.24, 2.45) is 0 Å². The normalized spacial score (nSPS) is 15.5. The minimum atomic E-state index is -0.439. The zero-order valence-corrected chi connectivity index (χ0v) is 16.5. The average molecular weight is 366 g/mol. The Bertz CT molecular complexity index is 741. The van der Waals surface area contributed by atoms with E-state index in [4.69, 9.17) is 4.74 Å². The summed E-state index contributed by atoms with van der Waals surface area (Å²) in [7, 11) is 0. The van der Waals surface area contributed by atoms with Gasteiger partial charge in [-0.25, -0.2) is 0 Å². The highest BCUT2D eigenvalue weighted by Gasteiger charge is 2.21. The van der Waals surface area contributed by atoms with Crippen LogP contribution in [-0.4, -0.2) is 18.1 Å². The Morgan fingerprint density at radius 1 is 1.07 bits per heavy atom. The lowest BCUT2D eigenvalue weighted by atomic mass is 9.92. The Morgan fingerprint density at radius 2 is 1.81 bits per heavy atom. The quantitative estimate of drug-likeness (QED) is 0.725. The summed E-state index contributed by atoms with van der Waals surface area (Å²) in [6, 6.07) is 16.8. The Labute approximate surface area is 163 Å². The highest BCUT2D eigenvalue weighted by Crippen LogP contribution is 2.26. The molecule has 0 bridgehead atoms. The fraction of sp³-hybridized carbons (Fsp3) is 0.458. The molecule has 2 atom stereocenters. The molecule has 1 aliphatic rings. The first-order chi connectivity index (χ1) is 13.2. The van der Waals surface area contributed by atoms with Gasteiger partial charge in [0.05, 0.1) is 0 Å². The molecular formula is C24H31NO2. The third-order valence-electron chi connectivity index (χ3n) is 5.36. The number of benzene rings is 2. The van der Waals surface area contributed by atoms with Crippen LogP contribution in [0.2, 0.25) is 0 Å². The van der Waals surface area contributed by atoms with Crippen LogP contribution in [-0.2, 0) is 24.1 Å². The second-order valence-electron chi connectivity index (χ2n) is 7.59. The van der Waals surface area contributed by atoms with Gasteiger partial charge in [-0.1, -0.05) is 43.3 Å². The Kier molecular flexibility index (Phi) is 6.92. The summed E-state index contributed by atoms with van der Waals surface area (Å²) in [5.74, 6) is 0.797. The van der Waals surface area contributed by atoms with Crippen molar-refractivity contribution in [1.29, 1.82) is 0 Å². The topological polar surface area (TPSA) is 38.3 Å². The molecule has 0 spiro atoms. The Hall–Kier alpha value is -2.29. The van der Waals surface area contributed by atoms with Gasteiger partial charge in [-0.2, -0.15) is 0 Å². The van der Waals surface area contributed by atoms with Crippen molar-refractivity contribution < 1.29 is 9.53 Å². The number of fused-ring (bicyclic) bond motifs is 1. The smallest absolute Gasteiger partial charge is 0.261 e. The Morgan fingerprint density at radius 3 is 2.56 bits per heavy atom. The van der Waals surface area contributed by atoms with E-state index < -0.39 is 6.10 Å². The molecule has 0 fully saturated rings. The molecule has 3 heteroatoms. The lowest BCUT2D eigenvalue weighted by Gasteiger charge is -2.22. The first-order valence-corrected chi connectivity index (χ1v) is 10.3. The van der Waals surface area contributed by atoms with Gasteiger partial charge in [0.15, 0.2) is 6.10 Å². The lowest BCUT2D eigenvalue weighted by molar-refractivity contribution is -0.128. The van der Waals surface area contributed by atoms with E-state index in [-0.39, 0.29) is 11.9 Å². The minimum Gasteiger partial charge on any atom is -0.481 e. The van der Waals surface area contributed by atoms with E-state index in [1.807, 2.05) is 19.1 Å². The molecular weight excluding hydrogens is 334 g/mol. The maximum atomic E-state index is 12.7. The molecule has 1 aliphatic carbocycles. The summed E-state index contributed by atoms with van der Waals surface area (Å²) in [6.45, 7) is 4.06. The number of carbonyl (C=O) groups is 1.